The van der Waals surface area contributed by atoms with Crippen LogP contribution < -0.4 is 9.80 Å². The summed E-state index contributed by atoms with van der Waals surface area (Å²) in [4.78, 5) is 3.92. The third-order valence-electron chi connectivity index (χ3n) is 11.0. The number of fused-ring (bicyclic) bond motifs is 6. The lowest BCUT2D eigenvalue weighted by atomic mass is 9.76. The second-order valence-corrected chi connectivity index (χ2v) is 14.5. The largest absolute Gasteiger partial charge is 0.347 e. The van der Waals surface area contributed by atoms with Gasteiger partial charge in [-0.05, 0) is 96.5 Å². The van der Waals surface area contributed by atoms with E-state index in [4.69, 9.17) is 11.6 Å². The molecule has 220 valence electrons. The Kier molecular flexibility index (Phi) is 6.87. The summed E-state index contributed by atoms with van der Waals surface area (Å²) in [6, 6.07) is 27.4. The molecule has 0 aromatic heterocycles. The van der Waals surface area contributed by atoms with Crippen molar-refractivity contribution in [3.8, 4) is 0 Å². The molecule has 7 rings (SSSR count). The summed E-state index contributed by atoms with van der Waals surface area (Å²) in [5.74, 6) is 0. The van der Waals surface area contributed by atoms with Gasteiger partial charge in [0, 0.05) is 46.3 Å². The van der Waals surface area contributed by atoms with E-state index in [9.17, 15) is 0 Å². The average molecular weight is 588 g/mol. The van der Waals surface area contributed by atoms with Gasteiger partial charge in [-0.2, -0.15) is 0 Å². The van der Waals surface area contributed by atoms with Crippen molar-refractivity contribution in [2.24, 2.45) is 0 Å². The number of halogens is 1. The molecule has 0 bridgehead atoms. The Bertz CT molecular complexity index is 1850. The van der Waals surface area contributed by atoms with Gasteiger partial charge in [-0.3, -0.25) is 0 Å². The van der Waals surface area contributed by atoms with Crippen LogP contribution in [0.25, 0.3) is 21.5 Å². The zero-order chi connectivity index (χ0) is 30.1. The molecule has 3 heteroatoms. The summed E-state index contributed by atoms with van der Waals surface area (Å²) >= 11 is 7.23. The number of likely N-dealkylation sites (N-methyl/N-ethyl adjacent to an activating group) is 2. The van der Waals surface area contributed by atoms with Crippen molar-refractivity contribution in [3.05, 3.63) is 118 Å². The highest BCUT2D eigenvalue weighted by Gasteiger charge is 2.48. The molecule has 0 amide bonds. The molecule has 0 spiro atoms. The molecule has 1 aliphatic carbocycles. The second kappa shape index (κ2) is 10.4. The lowest BCUT2D eigenvalue weighted by Crippen LogP contribution is -3.08. The van der Waals surface area contributed by atoms with Crippen molar-refractivity contribution in [2.45, 2.75) is 76.7 Å². The second-order valence-electron chi connectivity index (χ2n) is 14.1. The van der Waals surface area contributed by atoms with E-state index in [0.717, 1.165) is 30.7 Å². The van der Waals surface area contributed by atoms with Gasteiger partial charge in [0.1, 0.15) is 11.7 Å². The van der Waals surface area contributed by atoms with Gasteiger partial charge in [0.25, 0.3) is 0 Å². The fraction of sp³-hybridized carbons (Fsp3) is 0.350. The summed E-state index contributed by atoms with van der Waals surface area (Å²) < 4.78 is 0. The molecule has 4 aromatic rings. The van der Waals surface area contributed by atoms with E-state index in [0.29, 0.717) is 6.04 Å². The first kappa shape index (κ1) is 28.4. The Morgan fingerprint density at radius 2 is 1.49 bits per heavy atom. The highest BCUT2D eigenvalue weighted by molar-refractivity contribution is 6.32. The van der Waals surface area contributed by atoms with Crippen molar-refractivity contribution >= 4 is 44.5 Å². The standard InChI is InChI=1S/C40H43ClN2/c1-39(2)34(42(5)32-22-18-26-12-7-9-16-30(26)36(32)39)24-20-28-14-11-15-29(38(28)41)21-25-35-40(3,4)37-31-17-10-8-13-27(31)19-23-33(37)43(35)6/h7-10,12-13,16-20,22-24,35H,11,14-15,21,25H2,1-6H3/p+1/b28-20+,34-24+. The van der Waals surface area contributed by atoms with Crippen LogP contribution in [0.3, 0.4) is 0 Å². The van der Waals surface area contributed by atoms with E-state index < -0.39 is 0 Å². The first-order valence-electron chi connectivity index (χ1n) is 16.0. The highest BCUT2D eigenvalue weighted by Crippen LogP contribution is 2.50. The van der Waals surface area contributed by atoms with Crippen LogP contribution in [0.2, 0.25) is 0 Å². The molecule has 2 unspecified atom stereocenters. The van der Waals surface area contributed by atoms with Gasteiger partial charge in [0.2, 0.25) is 0 Å². The third kappa shape index (κ3) is 4.40. The molecule has 0 fully saturated rings. The summed E-state index contributed by atoms with van der Waals surface area (Å²) in [5, 5.41) is 6.43. The fourth-order valence-electron chi connectivity index (χ4n) is 8.80. The average Bonchev–Trinajstić information content (AvgIpc) is 3.33. The monoisotopic (exact) mass is 587 g/mol. The maximum Gasteiger partial charge on any atom is 0.135 e. The van der Waals surface area contributed by atoms with Crippen molar-refractivity contribution in [1.82, 2.24) is 0 Å². The van der Waals surface area contributed by atoms with E-state index >= 15 is 0 Å². The van der Waals surface area contributed by atoms with Gasteiger partial charge in [-0.15, -0.1) is 0 Å². The summed E-state index contributed by atoms with van der Waals surface area (Å²) in [6.45, 7) is 9.63. The number of benzene rings is 4. The van der Waals surface area contributed by atoms with E-state index in [1.807, 2.05) is 0 Å². The fourth-order valence-corrected chi connectivity index (χ4v) is 9.14. The van der Waals surface area contributed by atoms with Crippen LogP contribution in [0.15, 0.2) is 107 Å². The minimum absolute atomic E-state index is 0.0870. The lowest BCUT2D eigenvalue weighted by molar-refractivity contribution is -0.837. The van der Waals surface area contributed by atoms with Crippen LogP contribution in [-0.4, -0.2) is 20.1 Å². The zero-order valence-corrected chi connectivity index (χ0v) is 27.3. The topological polar surface area (TPSA) is 7.68 Å². The molecule has 2 aliphatic heterocycles. The SMILES string of the molecule is CN1/C(=C/C=C2\CCCC(CCC3[NH+](C)c4ccc5ccccc5c4C3(C)C)=C2Cl)C(C)(C)c2c1ccc1ccccc21. The molecule has 4 aromatic carbocycles. The number of nitrogens with one attached hydrogen (secondary N) is 1. The molecule has 0 saturated heterocycles. The lowest BCUT2D eigenvalue weighted by Gasteiger charge is -2.29. The van der Waals surface area contributed by atoms with Crippen LogP contribution in [-0.2, 0) is 10.8 Å². The van der Waals surface area contributed by atoms with Gasteiger partial charge in [0.15, 0.2) is 0 Å². The number of anilines is 1. The summed E-state index contributed by atoms with van der Waals surface area (Å²) in [5.41, 5.74) is 9.78. The Morgan fingerprint density at radius 3 is 2.21 bits per heavy atom. The summed E-state index contributed by atoms with van der Waals surface area (Å²) in [7, 11) is 4.57. The maximum absolute atomic E-state index is 7.23. The number of allylic oxidation sites excluding steroid dienone is 6. The van der Waals surface area contributed by atoms with Gasteiger partial charge in [-0.25, -0.2) is 0 Å². The molecule has 2 nitrogen and oxygen atoms in total. The first-order chi connectivity index (χ1) is 20.6. The molecular weight excluding hydrogens is 544 g/mol. The van der Waals surface area contributed by atoms with Gasteiger partial charge >= 0.3 is 0 Å². The van der Waals surface area contributed by atoms with Gasteiger partial charge in [0.05, 0.1) is 7.05 Å². The number of quaternary nitrogens is 1. The molecular formula is C40H44ClN2+. The Hall–Kier alpha value is -3.33. The Balaban J connectivity index is 1.16. The van der Waals surface area contributed by atoms with E-state index in [-0.39, 0.29) is 10.8 Å². The van der Waals surface area contributed by atoms with Gasteiger partial charge < -0.3 is 9.80 Å². The molecule has 2 atom stereocenters. The Labute approximate surface area is 262 Å². The third-order valence-corrected chi connectivity index (χ3v) is 11.5. The normalized spacial score (nSPS) is 24.4. The van der Waals surface area contributed by atoms with Crippen LogP contribution in [0, 0.1) is 0 Å². The van der Waals surface area contributed by atoms with Crippen LogP contribution in [0.4, 0.5) is 11.4 Å². The molecule has 2 heterocycles. The zero-order valence-electron chi connectivity index (χ0n) is 26.5. The smallest absolute Gasteiger partial charge is 0.135 e. The van der Waals surface area contributed by atoms with Crippen LogP contribution in [0.5, 0.6) is 0 Å². The molecule has 0 saturated carbocycles. The number of nitrogens with zero attached hydrogens (tertiary/aromatic N) is 1. The van der Waals surface area contributed by atoms with Crippen molar-refractivity contribution in [2.75, 3.05) is 19.0 Å². The first-order valence-corrected chi connectivity index (χ1v) is 16.4. The number of hydrogen-bond acceptors (Lipinski definition) is 1. The minimum atomic E-state index is -0.0870. The van der Waals surface area contributed by atoms with Crippen molar-refractivity contribution < 1.29 is 4.90 Å². The van der Waals surface area contributed by atoms with E-state index in [2.05, 4.69) is 132 Å². The van der Waals surface area contributed by atoms with E-state index in [1.165, 1.54) is 72.2 Å². The van der Waals surface area contributed by atoms with Crippen LogP contribution in [0.1, 0.15) is 70.9 Å². The molecule has 3 aliphatic rings. The predicted octanol–water partition coefficient (Wildman–Crippen LogP) is 9.49. The molecule has 1 N–H and O–H groups in total. The Morgan fingerprint density at radius 1 is 0.837 bits per heavy atom. The minimum Gasteiger partial charge on any atom is -0.347 e. The van der Waals surface area contributed by atoms with E-state index in [1.54, 1.807) is 0 Å². The predicted molar refractivity (Wildman–Crippen MR) is 185 cm³/mol. The molecule has 43 heavy (non-hydrogen) atoms. The number of rotatable bonds is 4. The van der Waals surface area contributed by atoms with Crippen LogP contribution >= 0.6 is 11.6 Å². The maximum atomic E-state index is 7.23. The van der Waals surface area contributed by atoms with Gasteiger partial charge in [-0.1, -0.05) is 91.7 Å². The quantitative estimate of drug-likeness (QED) is 0.250. The molecule has 0 radical (unpaired) electrons. The highest BCUT2D eigenvalue weighted by atomic mass is 35.5. The number of hydrogen-bond donors (Lipinski definition) is 1. The van der Waals surface area contributed by atoms with Crippen molar-refractivity contribution in [1.29, 1.82) is 0 Å². The van der Waals surface area contributed by atoms with Crippen molar-refractivity contribution in [3.63, 3.8) is 0 Å². The summed E-state index contributed by atoms with van der Waals surface area (Å²) in [6.07, 6.45) is 10.2.